The third-order valence-electron chi connectivity index (χ3n) is 4.72. The zero-order valence-electron chi connectivity index (χ0n) is 16.6. The maximum atomic E-state index is 13.2. The molecule has 30 heavy (non-hydrogen) atoms. The predicted octanol–water partition coefficient (Wildman–Crippen LogP) is 4.10. The molecule has 3 heterocycles. The number of rotatable bonds is 7. The van der Waals surface area contributed by atoms with E-state index in [1.807, 2.05) is 47.8 Å². The van der Waals surface area contributed by atoms with Gasteiger partial charge in [-0.2, -0.15) is 11.8 Å². The smallest absolute Gasteiger partial charge is 0.258 e. The van der Waals surface area contributed by atoms with Gasteiger partial charge in [0.25, 0.3) is 11.8 Å². The molecule has 0 atom stereocenters. The summed E-state index contributed by atoms with van der Waals surface area (Å²) < 4.78 is 7.48. The Morgan fingerprint density at radius 2 is 1.93 bits per heavy atom. The standard InChI is InChI=1S/C22H23N3O3S2/c1-2-23-19(26)13-28-16-7-5-15(6-8-16)24-21(27)20-17-9-12-29-14-18(17)30-22(20)25-10-3-4-11-25/h3-8,10-11H,2,9,12-14H2,1H3,(H,23,26)(H,24,27). The second-order valence-electron chi connectivity index (χ2n) is 6.80. The van der Waals surface area contributed by atoms with Gasteiger partial charge >= 0.3 is 0 Å². The van der Waals surface area contributed by atoms with Gasteiger partial charge in [0.15, 0.2) is 6.61 Å². The minimum Gasteiger partial charge on any atom is -0.484 e. The van der Waals surface area contributed by atoms with Gasteiger partial charge in [-0.1, -0.05) is 0 Å². The molecule has 0 bridgehead atoms. The molecule has 0 saturated carbocycles. The van der Waals surface area contributed by atoms with Crippen molar-refractivity contribution in [2.24, 2.45) is 0 Å². The van der Waals surface area contributed by atoms with Crippen molar-refractivity contribution in [3.8, 4) is 10.8 Å². The molecular formula is C22H23N3O3S2. The number of carbonyl (C=O) groups is 2. The van der Waals surface area contributed by atoms with E-state index in [1.165, 1.54) is 10.4 Å². The Morgan fingerprint density at radius 1 is 1.17 bits per heavy atom. The van der Waals surface area contributed by atoms with Crippen LogP contribution in [0.25, 0.3) is 5.00 Å². The SMILES string of the molecule is CCNC(=O)COc1ccc(NC(=O)c2c(-n3cccc3)sc3c2CCSC3)cc1. The molecule has 1 aliphatic rings. The van der Waals surface area contributed by atoms with Gasteiger partial charge < -0.3 is 19.9 Å². The molecule has 3 aromatic rings. The summed E-state index contributed by atoms with van der Waals surface area (Å²) in [5, 5.41) is 6.67. The highest BCUT2D eigenvalue weighted by Crippen LogP contribution is 2.38. The summed E-state index contributed by atoms with van der Waals surface area (Å²) >= 11 is 3.61. The van der Waals surface area contributed by atoms with Gasteiger partial charge in [0.1, 0.15) is 10.8 Å². The van der Waals surface area contributed by atoms with E-state index in [4.69, 9.17) is 4.74 Å². The van der Waals surface area contributed by atoms with Gasteiger partial charge in [-0.3, -0.25) is 9.59 Å². The topological polar surface area (TPSA) is 72.4 Å². The summed E-state index contributed by atoms with van der Waals surface area (Å²) in [7, 11) is 0. The van der Waals surface area contributed by atoms with Crippen molar-refractivity contribution in [2.45, 2.75) is 19.1 Å². The van der Waals surface area contributed by atoms with Crippen LogP contribution in [0.4, 0.5) is 5.69 Å². The van der Waals surface area contributed by atoms with E-state index in [9.17, 15) is 9.59 Å². The second kappa shape index (κ2) is 9.40. The first-order valence-corrected chi connectivity index (χ1v) is 11.8. The Morgan fingerprint density at radius 3 is 2.67 bits per heavy atom. The van der Waals surface area contributed by atoms with Gasteiger partial charge in [0, 0.05) is 35.3 Å². The number of hydrogen-bond acceptors (Lipinski definition) is 5. The summed E-state index contributed by atoms with van der Waals surface area (Å²) in [6.45, 7) is 2.41. The van der Waals surface area contributed by atoms with E-state index >= 15 is 0 Å². The molecule has 156 valence electrons. The number of thiophene rings is 1. The Labute approximate surface area is 183 Å². The Kier molecular flexibility index (Phi) is 6.44. The highest BCUT2D eigenvalue weighted by Gasteiger charge is 2.26. The van der Waals surface area contributed by atoms with Crippen molar-refractivity contribution in [3.05, 3.63) is 64.8 Å². The van der Waals surface area contributed by atoms with Crippen LogP contribution in [0.15, 0.2) is 48.8 Å². The number of ether oxygens (including phenoxy) is 1. The summed E-state index contributed by atoms with van der Waals surface area (Å²) in [5.74, 6) is 2.32. The quantitative estimate of drug-likeness (QED) is 0.579. The maximum Gasteiger partial charge on any atom is 0.258 e. The van der Waals surface area contributed by atoms with Gasteiger partial charge in [0.05, 0.1) is 5.56 Å². The van der Waals surface area contributed by atoms with E-state index in [0.29, 0.717) is 18.0 Å². The van der Waals surface area contributed by atoms with E-state index in [-0.39, 0.29) is 18.4 Å². The van der Waals surface area contributed by atoms with Crippen molar-refractivity contribution in [1.29, 1.82) is 0 Å². The van der Waals surface area contributed by atoms with Gasteiger partial charge in [-0.15, -0.1) is 11.3 Å². The van der Waals surface area contributed by atoms with Crippen molar-refractivity contribution < 1.29 is 14.3 Å². The molecule has 0 aliphatic carbocycles. The lowest BCUT2D eigenvalue weighted by atomic mass is 10.1. The van der Waals surface area contributed by atoms with Crippen molar-refractivity contribution in [3.63, 3.8) is 0 Å². The number of nitrogens with zero attached hydrogens (tertiary/aromatic N) is 1. The fourth-order valence-electron chi connectivity index (χ4n) is 3.33. The first-order chi connectivity index (χ1) is 14.7. The van der Waals surface area contributed by atoms with Crippen LogP contribution in [0.2, 0.25) is 0 Å². The number of aromatic nitrogens is 1. The summed E-state index contributed by atoms with van der Waals surface area (Å²) in [5.41, 5.74) is 2.62. The molecule has 0 spiro atoms. The number of nitrogens with one attached hydrogen (secondary N) is 2. The molecule has 1 aliphatic heterocycles. The monoisotopic (exact) mass is 441 g/mol. The third kappa shape index (κ3) is 4.55. The van der Waals surface area contributed by atoms with Crippen LogP contribution in [-0.4, -0.2) is 35.3 Å². The van der Waals surface area contributed by atoms with Crippen LogP contribution in [0, 0.1) is 0 Å². The molecule has 4 rings (SSSR count). The molecule has 2 aromatic heterocycles. The maximum absolute atomic E-state index is 13.2. The van der Waals surface area contributed by atoms with Crippen LogP contribution < -0.4 is 15.4 Å². The molecule has 2 amide bonds. The molecule has 1 aromatic carbocycles. The van der Waals surface area contributed by atoms with Crippen molar-refractivity contribution in [2.75, 3.05) is 24.2 Å². The zero-order valence-corrected chi connectivity index (χ0v) is 18.3. The third-order valence-corrected chi connectivity index (χ3v) is 7.14. The van der Waals surface area contributed by atoms with E-state index in [0.717, 1.165) is 28.5 Å². The van der Waals surface area contributed by atoms with E-state index in [1.54, 1.807) is 35.6 Å². The lowest BCUT2D eigenvalue weighted by molar-refractivity contribution is -0.122. The van der Waals surface area contributed by atoms with Gasteiger partial charge in [-0.05, 0) is 61.1 Å². The van der Waals surface area contributed by atoms with Crippen LogP contribution in [0.1, 0.15) is 27.7 Å². The highest BCUT2D eigenvalue weighted by atomic mass is 32.2. The number of fused-ring (bicyclic) bond motifs is 1. The average molecular weight is 442 g/mol. The van der Waals surface area contributed by atoms with E-state index < -0.39 is 0 Å². The largest absolute Gasteiger partial charge is 0.484 e. The van der Waals surface area contributed by atoms with Crippen LogP contribution in [0.3, 0.4) is 0 Å². The van der Waals surface area contributed by atoms with Crippen molar-refractivity contribution in [1.82, 2.24) is 9.88 Å². The van der Waals surface area contributed by atoms with E-state index in [2.05, 4.69) is 10.6 Å². The fraction of sp³-hybridized carbons (Fsp3) is 0.273. The molecular weight excluding hydrogens is 418 g/mol. The summed E-state index contributed by atoms with van der Waals surface area (Å²) in [4.78, 5) is 26.0. The number of anilines is 1. The molecule has 8 heteroatoms. The first kappa shape index (κ1) is 20.6. The molecule has 0 radical (unpaired) electrons. The average Bonchev–Trinajstić information content (AvgIpc) is 3.41. The summed E-state index contributed by atoms with van der Waals surface area (Å²) in [6, 6.07) is 11.0. The van der Waals surface area contributed by atoms with Crippen LogP contribution in [0.5, 0.6) is 5.75 Å². The van der Waals surface area contributed by atoms with Crippen LogP contribution in [-0.2, 0) is 17.0 Å². The second-order valence-corrected chi connectivity index (χ2v) is 8.99. The van der Waals surface area contributed by atoms with Crippen LogP contribution >= 0.6 is 23.1 Å². The minimum atomic E-state index is -0.159. The number of thioether (sulfide) groups is 1. The molecule has 6 nitrogen and oxygen atoms in total. The minimum absolute atomic E-state index is 0.0289. The summed E-state index contributed by atoms with van der Waals surface area (Å²) in [6.07, 6.45) is 4.86. The number of amides is 2. The fourth-order valence-corrected chi connectivity index (χ4v) is 5.77. The number of benzene rings is 1. The highest BCUT2D eigenvalue weighted by molar-refractivity contribution is 7.98. The Hall–Kier alpha value is -2.71. The molecule has 0 unspecified atom stereocenters. The zero-order chi connectivity index (χ0) is 20.9. The lowest BCUT2D eigenvalue weighted by Gasteiger charge is -2.13. The first-order valence-electron chi connectivity index (χ1n) is 9.82. The van der Waals surface area contributed by atoms with Crippen molar-refractivity contribution >= 4 is 40.6 Å². The number of likely N-dealkylation sites (N-methyl/N-ethyl adjacent to an activating group) is 1. The molecule has 2 N–H and O–H groups in total. The number of hydrogen-bond donors (Lipinski definition) is 2. The molecule has 0 fully saturated rings. The van der Waals surface area contributed by atoms with Gasteiger partial charge in [0.2, 0.25) is 0 Å². The lowest BCUT2D eigenvalue weighted by Crippen LogP contribution is -2.28. The molecule has 0 saturated heterocycles. The predicted molar refractivity (Wildman–Crippen MR) is 122 cm³/mol. The van der Waals surface area contributed by atoms with Gasteiger partial charge in [-0.25, -0.2) is 0 Å². The number of carbonyl (C=O) groups excluding carboxylic acids is 2. The Balaban J connectivity index is 1.50. The Bertz CT molecular complexity index is 1030. The normalized spacial score (nSPS) is 12.8.